The highest BCUT2D eigenvalue weighted by Crippen LogP contribution is 2.22. The van der Waals surface area contributed by atoms with Gasteiger partial charge in [0.2, 0.25) is 5.95 Å². The number of nitrogens with two attached hydrogens (primary N) is 2. The van der Waals surface area contributed by atoms with Gasteiger partial charge < -0.3 is 16.8 Å². The van der Waals surface area contributed by atoms with Crippen LogP contribution in [-0.2, 0) is 0 Å². The molecule has 0 fully saturated rings. The molecule has 0 atom stereocenters. The van der Waals surface area contributed by atoms with E-state index in [4.69, 9.17) is 11.5 Å². The third-order valence-electron chi connectivity index (χ3n) is 3.43. The van der Waals surface area contributed by atoms with E-state index in [1.54, 1.807) is 0 Å². The lowest BCUT2D eigenvalue weighted by atomic mass is 10.0. The lowest BCUT2D eigenvalue weighted by molar-refractivity contribution is 0.705. The van der Waals surface area contributed by atoms with E-state index >= 15 is 0 Å². The summed E-state index contributed by atoms with van der Waals surface area (Å²) in [5, 5.41) is 3.24. The molecule has 22 heavy (non-hydrogen) atoms. The van der Waals surface area contributed by atoms with E-state index in [1.165, 1.54) is 11.1 Å². The molecule has 1 aromatic heterocycles. The summed E-state index contributed by atoms with van der Waals surface area (Å²) in [6, 6.07) is 8.18. The van der Waals surface area contributed by atoms with Crippen molar-refractivity contribution in [3.8, 4) is 11.3 Å². The van der Waals surface area contributed by atoms with E-state index in [1.807, 2.05) is 6.07 Å². The molecule has 0 spiro atoms. The van der Waals surface area contributed by atoms with Gasteiger partial charge in [-0.05, 0) is 45.4 Å². The molecule has 0 bridgehead atoms. The van der Waals surface area contributed by atoms with Gasteiger partial charge in [0.1, 0.15) is 5.82 Å². The van der Waals surface area contributed by atoms with Crippen LogP contribution in [0.3, 0.4) is 0 Å². The maximum absolute atomic E-state index is 5.92. The van der Waals surface area contributed by atoms with Gasteiger partial charge in [0.05, 0.1) is 5.69 Å². The molecule has 0 saturated heterocycles. The van der Waals surface area contributed by atoms with Gasteiger partial charge in [0, 0.05) is 18.2 Å². The fourth-order valence-electron chi connectivity index (χ4n) is 2.46. The Morgan fingerprint density at radius 2 is 1.68 bits per heavy atom. The minimum absolute atomic E-state index is 0.480. The summed E-state index contributed by atoms with van der Waals surface area (Å²) in [4.78, 5) is 8.83. The van der Waals surface area contributed by atoms with Crippen molar-refractivity contribution in [2.45, 2.75) is 33.1 Å². The summed E-state index contributed by atoms with van der Waals surface area (Å²) in [6.07, 6.45) is 3.21. The number of unbranched alkanes of at least 4 members (excludes halogenated alkanes) is 2. The smallest absolute Gasteiger partial charge is 0.225 e. The molecule has 0 saturated carbocycles. The second-order valence-corrected chi connectivity index (χ2v) is 5.65. The van der Waals surface area contributed by atoms with Gasteiger partial charge in [0.15, 0.2) is 0 Å². The van der Waals surface area contributed by atoms with Crippen molar-refractivity contribution in [2.24, 2.45) is 5.73 Å². The molecular weight excluding hydrogens is 274 g/mol. The van der Waals surface area contributed by atoms with Crippen LogP contribution in [0.15, 0.2) is 24.3 Å². The van der Waals surface area contributed by atoms with Crippen LogP contribution in [0.4, 0.5) is 11.8 Å². The predicted octanol–water partition coefficient (Wildman–Crippen LogP) is 2.88. The van der Waals surface area contributed by atoms with E-state index in [-0.39, 0.29) is 0 Å². The molecule has 0 aliphatic heterocycles. The highest BCUT2D eigenvalue weighted by atomic mass is 15.1. The molecule has 2 rings (SSSR count). The first-order chi connectivity index (χ1) is 10.6. The van der Waals surface area contributed by atoms with E-state index in [9.17, 15) is 0 Å². The van der Waals surface area contributed by atoms with Crippen LogP contribution in [0.2, 0.25) is 0 Å². The maximum Gasteiger partial charge on any atom is 0.225 e. The van der Waals surface area contributed by atoms with Gasteiger partial charge in [-0.15, -0.1) is 0 Å². The van der Waals surface area contributed by atoms with Crippen molar-refractivity contribution in [3.63, 3.8) is 0 Å². The minimum Gasteiger partial charge on any atom is -0.384 e. The summed E-state index contributed by atoms with van der Waals surface area (Å²) < 4.78 is 0. The van der Waals surface area contributed by atoms with Gasteiger partial charge in [0.25, 0.3) is 0 Å². The number of rotatable bonds is 7. The zero-order valence-electron chi connectivity index (χ0n) is 13.4. The largest absolute Gasteiger partial charge is 0.384 e. The Bertz CT molecular complexity index is 604. The van der Waals surface area contributed by atoms with Gasteiger partial charge in [-0.3, -0.25) is 0 Å². The number of hydrogen-bond donors (Lipinski definition) is 3. The highest BCUT2D eigenvalue weighted by Gasteiger charge is 2.06. The van der Waals surface area contributed by atoms with Crippen LogP contribution in [0.1, 0.15) is 30.4 Å². The molecule has 5 heteroatoms. The Hall–Kier alpha value is -2.14. The Morgan fingerprint density at radius 3 is 2.36 bits per heavy atom. The van der Waals surface area contributed by atoms with E-state index < -0.39 is 0 Å². The first kappa shape index (κ1) is 16.2. The van der Waals surface area contributed by atoms with Crippen LogP contribution in [-0.4, -0.2) is 23.1 Å². The summed E-state index contributed by atoms with van der Waals surface area (Å²) in [5.74, 6) is 1.07. The van der Waals surface area contributed by atoms with Crippen LogP contribution in [0.5, 0.6) is 0 Å². The van der Waals surface area contributed by atoms with Gasteiger partial charge in [-0.25, -0.2) is 4.98 Å². The molecule has 0 aliphatic rings. The number of benzene rings is 1. The van der Waals surface area contributed by atoms with Gasteiger partial charge >= 0.3 is 0 Å². The average molecular weight is 299 g/mol. The highest BCUT2D eigenvalue weighted by molar-refractivity contribution is 5.65. The minimum atomic E-state index is 0.480. The third kappa shape index (κ3) is 4.70. The molecule has 1 heterocycles. The Morgan fingerprint density at radius 1 is 0.955 bits per heavy atom. The Balaban J connectivity index is 2.12. The SMILES string of the molecule is Cc1cc(C)cc(-c2cc(N)nc(NCCCCCN)n2)c1. The van der Waals surface area contributed by atoms with Crippen molar-refractivity contribution < 1.29 is 0 Å². The first-order valence-corrected chi connectivity index (χ1v) is 7.75. The molecule has 5 N–H and O–H groups in total. The van der Waals surface area contributed by atoms with E-state index in [0.717, 1.165) is 43.6 Å². The summed E-state index contributed by atoms with van der Waals surface area (Å²) in [5.41, 5.74) is 15.7. The normalized spacial score (nSPS) is 10.7. The number of nitrogens with one attached hydrogen (secondary N) is 1. The molecule has 118 valence electrons. The molecule has 0 unspecified atom stereocenters. The van der Waals surface area contributed by atoms with Crippen LogP contribution in [0, 0.1) is 13.8 Å². The molecule has 5 nitrogen and oxygen atoms in total. The Labute approximate surface area is 132 Å². The summed E-state index contributed by atoms with van der Waals surface area (Å²) in [7, 11) is 0. The van der Waals surface area contributed by atoms with Crippen molar-refractivity contribution in [1.29, 1.82) is 0 Å². The second kappa shape index (κ2) is 7.75. The van der Waals surface area contributed by atoms with Crippen LogP contribution in [0.25, 0.3) is 11.3 Å². The average Bonchev–Trinajstić information content (AvgIpc) is 2.45. The second-order valence-electron chi connectivity index (χ2n) is 5.65. The van der Waals surface area contributed by atoms with Crippen molar-refractivity contribution in [3.05, 3.63) is 35.4 Å². The topological polar surface area (TPSA) is 89.8 Å². The van der Waals surface area contributed by atoms with Crippen molar-refractivity contribution in [1.82, 2.24) is 9.97 Å². The quantitative estimate of drug-likeness (QED) is 0.684. The number of hydrogen-bond acceptors (Lipinski definition) is 5. The molecule has 1 aromatic carbocycles. The molecular formula is C17H25N5. The number of nitrogens with zero attached hydrogens (tertiary/aromatic N) is 2. The van der Waals surface area contributed by atoms with Gasteiger partial charge in [-0.2, -0.15) is 4.98 Å². The molecule has 0 aliphatic carbocycles. The lowest BCUT2D eigenvalue weighted by Crippen LogP contribution is -2.08. The predicted molar refractivity (Wildman–Crippen MR) is 92.7 cm³/mol. The summed E-state index contributed by atoms with van der Waals surface area (Å²) >= 11 is 0. The summed E-state index contributed by atoms with van der Waals surface area (Å²) in [6.45, 7) is 5.73. The molecule has 0 radical (unpaired) electrons. The van der Waals surface area contributed by atoms with Crippen LogP contribution < -0.4 is 16.8 Å². The van der Waals surface area contributed by atoms with E-state index in [0.29, 0.717) is 11.8 Å². The number of anilines is 2. The van der Waals surface area contributed by atoms with Crippen LogP contribution >= 0.6 is 0 Å². The number of aromatic nitrogens is 2. The fourth-order valence-corrected chi connectivity index (χ4v) is 2.46. The maximum atomic E-state index is 5.92. The van der Waals surface area contributed by atoms with Gasteiger partial charge in [-0.1, -0.05) is 23.6 Å². The Kier molecular flexibility index (Phi) is 5.72. The monoisotopic (exact) mass is 299 g/mol. The standard InChI is InChI=1S/C17H25N5/c1-12-8-13(2)10-14(9-12)15-11-16(19)22-17(21-15)20-7-5-3-4-6-18/h8-11H,3-7,18H2,1-2H3,(H3,19,20,21,22). The fraction of sp³-hybridized carbons (Fsp3) is 0.412. The first-order valence-electron chi connectivity index (χ1n) is 7.75. The zero-order valence-corrected chi connectivity index (χ0v) is 13.4. The molecule has 2 aromatic rings. The van der Waals surface area contributed by atoms with Crippen molar-refractivity contribution >= 4 is 11.8 Å². The number of nitrogen functional groups attached to an aromatic ring is 1. The zero-order chi connectivity index (χ0) is 15.9. The number of aryl methyl sites for hydroxylation is 2. The molecule has 0 amide bonds. The van der Waals surface area contributed by atoms with Crippen molar-refractivity contribution in [2.75, 3.05) is 24.1 Å². The van der Waals surface area contributed by atoms with E-state index in [2.05, 4.69) is 47.3 Å². The third-order valence-corrected chi connectivity index (χ3v) is 3.43. The lowest BCUT2D eigenvalue weighted by Gasteiger charge is -2.09.